The molecule has 0 spiro atoms. The van der Waals surface area contributed by atoms with Crippen molar-refractivity contribution in [1.82, 2.24) is 0 Å². The van der Waals surface area contributed by atoms with E-state index in [1.807, 2.05) is 24.3 Å². The summed E-state index contributed by atoms with van der Waals surface area (Å²) in [4.78, 5) is 12.6. The average Bonchev–Trinajstić information content (AvgIpc) is 2.77. The van der Waals surface area contributed by atoms with Crippen LogP contribution in [0.1, 0.15) is 140 Å². The average molecular weight is 417 g/mol. The Morgan fingerprint density at radius 3 is 1.63 bits per heavy atom. The van der Waals surface area contributed by atoms with Crippen molar-refractivity contribution in [2.45, 2.75) is 129 Å². The lowest BCUT2D eigenvalue weighted by atomic mass is 10.0. The Balaban J connectivity index is 1.97. The van der Waals surface area contributed by atoms with Crippen LogP contribution in [0.15, 0.2) is 24.3 Å². The summed E-state index contributed by atoms with van der Waals surface area (Å²) >= 11 is 0. The van der Waals surface area contributed by atoms with Gasteiger partial charge in [0.2, 0.25) is 0 Å². The number of benzene rings is 1. The highest BCUT2D eigenvalue weighted by atomic mass is 16.5. The zero-order valence-corrected chi connectivity index (χ0v) is 20.1. The number of unbranched alkanes of at least 4 members (excludes halogenated alkanes) is 15. The Morgan fingerprint density at radius 1 is 0.633 bits per heavy atom. The third-order valence-electron chi connectivity index (χ3n) is 5.95. The van der Waals surface area contributed by atoms with E-state index in [-0.39, 0.29) is 5.78 Å². The zero-order valence-electron chi connectivity index (χ0n) is 20.1. The molecule has 0 bridgehead atoms. The van der Waals surface area contributed by atoms with Crippen LogP contribution < -0.4 is 4.74 Å². The summed E-state index contributed by atoms with van der Waals surface area (Å²) in [5.74, 6) is 0.994. The van der Waals surface area contributed by atoms with Crippen LogP contribution in [0.25, 0.3) is 0 Å². The molecule has 0 saturated carbocycles. The minimum atomic E-state index is 0.233. The van der Waals surface area contributed by atoms with Gasteiger partial charge in [-0.2, -0.15) is 0 Å². The van der Waals surface area contributed by atoms with E-state index in [9.17, 15) is 4.79 Å². The Hall–Kier alpha value is -1.31. The predicted molar refractivity (Wildman–Crippen MR) is 131 cm³/mol. The van der Waals surface area contributed by atoms with E-state index in [0.717, 1.165) is 30.6 Å². The van der Waals surface area contributed by atoms with Gasteiger partial charge in [0, 0.05) is 6.42 Å². The van der Waals surface area contributed by atoms with E-state index in [0.29, 0.717) is 13.0 Å². The summed E-state index contributed by atoms with van der Waals surface area (Å²) in [6, 6.07) is 7.72. The first kappa shape index (κ1) is 26.7. The molecule has 0 saturated heterocycles. The van der Waals surface area contributed by atoms with Crippen molar-refractivity contribution in [3.05, 3.63) is 29.8 Å². The quantitative estimate of drug-likeness (QED) is 0.147. The summed E-state index contributed by atoms with van der Waals surface area (Å²) in [7, 11) is 0. The standard InChI is InChI=1S/C28H48O2/c1-3-5-7-8-9-10-11-12-13-14-15-16-17-18-19-23-27(29)26-22-20-21-24-28(26)30-25-6-4-2/h20-22,24H,3-19,23,25H2,1-2H3. The number of hydrogen-bond acceptors (Lipinski definition) is 2. The molecule has 0 radical (unpaired) electrons. The number of hydrogen-bond donors (Lipinski definition) is 0. The largest absolute Gasteiger partial charge is 0.493 e. The van der Waals surface area contributed by atoms with Gasteiger partial charge in [-0.25, -0.2) is 0 Å². The van der Waals surface area contributed by atoms with Crippen LogP contribution in [0.5, 0.6) is 5.75 Å². The SMILES string of the molecule is CCCCCCCCCCCCCCCCCC(=O)c1ccccc1OCCCC. The van der Waals surface area contributed by atoms with Gasteiger partial charge in [0.05, 0.1) is 12.2 Å². The van der Waals surface area contributed by atoms with Gasteiger partial charge < -0.3 is 4.74 Å². The summed E-state index contributed by atoms with van der Waals surface area (Å²) in [5, 5.41) is 0. The van der Waals surface area contributed by atoms with Crippen LogP contribution in [0.3, 0.4) is 0 Å². The Bertz CT molecular complexity index is 523. The molecule has 0 aliphatic rings. The Labute approximate surface area is 187 Å². The molecule has 1 aromatic carbocycles. The normalized spacial score (nSPS) is 11.0. The summed E-state index contributed by atoms with van der Waals surface area (Å²) in [6.45, 7) is 5.13. The maximum Gasteiger partial charge on any atom is 0.166 e. The summed E-state index contributed by atoms with van der Waals surface area (Å²) in [6.07, 6.45) is 23.0. The fraction of sp³-hybridized carbons (Fsp3) is 0.750. The van der Waals surface area contributed by atoms with Gasteiger partial charge in [0.1, 0.15) is 5.75 Å². The van der Waals surface area contributed by atoms with Gasteiger partial charge in [-0.05, 0) is 25.0 Å². The van der Waals surface area contributed by atoms with Crippen molar-refractivity contribution in [2.24, 2.45) is 0 Å². The number of Topliss-reactive ketones (excluding diaryl/α,β-unsaturated/α-hetero) is 1. The molecule has 1 aromatic rings. The van der Waals surface area contributed by atoms with Crippen molar-refractivity contribution >= 4 is 5.78 Å². The molecule has 172 valence electrons. The molecule has 0 fully saturated rings. The van der Waals surface area contributed by atoms with E-state index in [1.165, 1.54) is 89.9 Å². The minimum Gasteiger partial charge on any atom is -0.493 e. The van der Waals surface area contributed by atoms with Gasteiger partial charge in [0.25, 0.3) is 0 Å². The molecule has 1 rings (SSSR count). The highest BCUT2D eigenvalue weighted by molar-refractivity contribution is 5.98. The van der Waals surface area contributed by atoms with Crippen LogP contribution in [0, 0.1) is 0 Å². The number of rotatable bonds is 21. The molecule has 0 aliphatic heterocycles. The van der Waals surface area contributed by atoms with Crippen LogP contribution in [-0.4, -0.2) is 12.4 Å². The molecule has 2 nitrogen and oxygen atoms in total. The Morgan fingerprint density at radius 2 is 1.10 bits per heavy atom. The highest BCUT2D eigenvalue weighted by Crippen LogP contribution is 2.21. The van der Waals surface area contributed by atoms with Crippen molar-refractivity contribution in [3.8, 4) is 5.75 Å². The number of ketones is 1. The minimum absolute atomic E-state index is 0.233. The molecule has 0 amide bonds. The molecule has 0 aliphatic carbocycles. The number of ether oxygens (including phenoxy) is 1. The van der Waals surface area contributed by atoms with Crippen molar-refractivity contribution < 1.29 is 9.53 Å². The van der Waals surface area contributed by atoms with E-state index in [2.05, 4.69) is 13.8 Å². The summed E-state index contributed by atoms with van der Waals surface area (Å²) in [5.41, 5.74) is 0.763. The number of carbonyl (C=O) groups excluding carboxylic acids is 1. The third-order valence-corrected chi connectivity index (χ3v) is 5.95. The second kappa shape index (κ2) is 19.6. The molecule has 2 heteroatoms. The smallest absolute Gasteiger partial charge is 0.166 e. The van der Waals surface area contributed by atoms with Gasteiger partial charge >= 0.3 is 0 Å². The lowest BCUT2D eigenvalue weighted by Crippen LogP contribution is -2.05. The fourth-order valence-electron chi connectivity index (χ4n) is 3.94. The van der Waals surface area contributed by atoms with Gasteiger partial charge in [-0.3, -0.25) is 4.79 Å². The second-order valence-corrected chi connectivity index (χ2v) is 8.82. The van der Waals surface area contributed by atoms with E-state index in [1.54, 1.807) is 0 Å². The molecular formula is C28H48O2. The second-order valence-electron chi connectivity index (χ2n) is 8.82. The monoisotopic (exact) mass is 416 g/mol. The lowest BCUT2D eigenvalue weighted by Gasteiger charge is -2.10. The van der Waals surface area contributed by atoms with Crippen LogP contribution in [-0.2, 0) is 0 Å². The van der Waals surface area contributed by atoms with Gasteiger partial charge in [-0.15, -0.1) is 0 Å². The van der Waals surface area contributed by atoms with Crippen molar-refractivity contribution in [2.75, 3.05) is 6.61 Å². The van der Waals surface area contributed by atoms with Gasteiger partial charge in [-0.1, -0.05) is 122 Å². The first-order valence-corrected chi connectivity index (χ1v) is 13.0. The highest BCUT2D eigenvalue weighted by Gasteiger charge is 2.11. The third kappa shape index (κ3) is 13.8. The maximum atomic E-state index is 12.6. The zero-order chi connectivity index (χ0) is 21.7. The maximum absolute atomic E-state index is 12.6. The van der Waals surface area contributed by atoms with Crippen molar-refractivity contribution in [3.63, 3.8) is 0 Å². The number of carbonyl (C=O) groups is 1. The molecule has 0 unspecified atom stereocenters. The molecule has 30 heavy (non-hydrogen) atoms. The molecule has 0 heterocycles. The predicted octanol–water partition coefficient (Wildman–Crippen LogP) is 9.31. The first-order chi connectivity index (χ1) is 14.8. The van der Waals surface area contributed by atoms with Crippen LogP contribution in [0.4, 0.5) is 0 Å². The van der Waals surface area contributed by atoms with Crippen LogP contribution >= 0.6 is 0 Å². The number of para-hydroxylation sites is 1. The fourth-order valence-corrected chi connectivity index (χ4v) is 3.94. The van der Waals surface area contributed by atoms with E-state index in [4.69, 9.17) is 4.74 Å². The lowest BCUT2D eigenvalue weighted by molar-refractivity contribution is 0.0975. The molecule has 0 aromatic heterocycles. The molecule has 0 atom stereocenters. The van der Waals surface area contributed by atoms with E-state index < -0.39 is 0 Å². The molecular weight excluding hydrogens is 368 g/mol. The topological polar surface area (TPSA) is 26.3 Å². The van der Waals surface area contributed by atoms with Gasteiger partial charge in [0.15, 0.2) is 5.78 Å². The van der Waals surface area contributed by atoms with Crippen LogP contribution in [0.2, 0.25) is 0 Å². The summed E-state index contributed by atoms with van der Waals surface area (Å²) < 4.78 is 5.81. The molecule has 0 N–H and O–H groups in total. The van der Waals surface area contributed by atoms with E-state index >= 15 is 0 Å². The first-order valence-electron chi connectivity index (χ1n) is 13.0. The van der Waals surface area contributed by atoms with Crippen molar-refractivity contribution in [1.29, 1.82) is 0 Å². The Kier molecular flexibility index (Phi) is 17.5.